The van der Waals surface area contributed by atoms with Crippen molar-refractivity contribution in [1.29, 1.82) is 0 Å². The smallest absolute Gasteiger partial charge is 0.277 e. The first-order valence-corrected chi connectivity index (χ1v) is 13.2. The quantitative estimate of drug-likeness (QED) is 0.486. The number of sulfone groups is 1. The topological polar surface area (TPSA) is 93.4 Å². The second kappa shape index (κ2) is 9.46. The van der Waals surface area contributed by atoms with E-state index in [2.05, 4.69) is 10.2 Å². The Bertz CT molecular complexity index is 1210. The van der Waals surface area contributed by atoms with E-state index >= 15 is 0 Å². The zero-order valence-electron chi connectivity index (χ0n) is 18.0. The van der Waals surface area contributed by atoms with Gasteiger partial charge in [-0.05, 0) is 49.1 Å². The Labute approximate surface area is 192 Å². The van der Waals surface area contributed by atoms with Crippen LogP contribution in [0.25, 0.3) is 11.5 Å². The summed E-state index contributed by atoms with van der Waals surface area (Å²) in [6.07, 6.45) is 0.461. The number of thioether (sulfide) groups is 1. The van der Waals surface area contributed by atoms with E-state index in [0.29, 0.717) is 24.1 Å². The number of carbonyl (C=O) groups excluding carboxylic acids is 1. The van der Waals surface area contributed by atoms with Crippen molar-refractivity contribution in [2.24, 2.45) is 0 Å². The molecule has 2 heterocycles. The Morgan fingerprint density at radius 2 is 1.91 bits per heavy atom. The van der Waals surface area contributed by atoms with Crippen molar-refractivity contribution in [2.75, 3.05) is 17.3 Å². The van der Waals surface area contributed by atoms with Crippen molar-refractivity contribution in [2.45, 2.75) is 38.1 Å². The maximum absolute atomic E-state index is 13.1. The lowest BCUT2D eigenvalue weighted by Gasteiger charge is -2.28. The van der Waals surface area contributed by atoms with Crippen molar-refractivity contribution in [1.82, 2.24) is 15.1 Å². The number of aromatic nitrogens is 2. The van der Waals surface area contributed by atoms with Crippen LogP contribution in [0.1, 0.15) is 23.1 Å². The van der Waals surface area contributed by atoms with E-state index in [4.69, 9.17) is 4.42 Å². The summed E-state index contributed by atoms with van der Waals surface area (Å²) in [5, 5.41) is 8.47. The average molecular weight is 472 g/mol. The van der Waals surface area contributed by atoms with Crippen LogP contribution in [0.4, 0.5) is 0 Å². The van der Waals surface area contributed by atoms with Crippen LogP contribution in [0.2, 0.25) is 0 Å². The van der Waals surface area contributed by atoms with Gasteiger partial charge in [0.2, 0.25) is 11.8 Å². The van der Waals surface area contributed by atoms with E-state index in [-0.39, 0.29) is 29.2 Å². The molecule has 0 radical (unpaired) electrons. The minimum Gasteiger partial charge on any atom is -0.411 e. The van der Waals surface area contributed by atoms with E-state index in [1.165, 1.54) is 17.3 Å². The van der Waals surface area contributed by atoms with Crippen LogP contribution in [0.5, 0.6) is 0 Å². The van der Waals surface area contributed by atoms with Crippen molar-refractivity contribution < 1.29 is 17.6 Å². The van der Waals surface area contributed by atoms with Gasteiger partial charge in [-0.15, -0.1) is 10.2 Å². The fourth-order valence-corrected chi connectivity index (χ4v) is 6.07. The van der Waals surface area contributed by atoms with Crippen LogP contribution in [0.15, 0.2) is 58.2 Å². The third kappa shape index (κ3) is 5.39. The number of nitrogens with zero attached hydrogens (tertiary/aromatic N) is 3. The van der Waals surface area contributed by atoms with Crippen LogP contribution in [0.3, 0.4) is 0 Å². The number of hydrogen-bond donors (Lipinski definition) is 0. The van der Waals surface area contributed by atoms with Gasteiger partial charge in [-0.2, -0.15) is 0 Å². The molecule has 168 valence electrons. The number of rotatable bonds is 7. The van der Waals surface area contributed by atoms with Gasteiger partial charge in [0.1, 0.15) is 0 Å². The molecule has 1 aliphatic rings. The minimum absolute atomic E-state index is 0.00766. The molecule has 7 nitrogen and oxygen atoms in total. The summed E-state index contributed by atoms with van der Waals surface area (Å²) >= 11 is 1.17. The van der Waals surface area contributed by atoms with Crippen molar-refractivity contribution >= 4 is 27.5 Å². The largest absolute Gasteiger partial charge is 0.411 e. The molecule has 0 bridgehead atoms. The molecule has 1 aromatic heterocycles. The van der Waals surface area contributed by atoms with E-state index in [1.54, 1.807) is 4.90 Å². The maximum Gasteiger partial charge on any atom is 0.277 e. The summed E-state index contributed by atoms with van der Waals surface area (Å²) < 4.78 is 29.8. The fraction of sp³-hybridized carbons (Fsp3) is 0.348. The number of hydrogen-bond acceptors (Lipinski definition) is 7. The molecule has 0 N–H and O–H groups in total. The normalized spacial score (nSPS) is 17.4. The first-order valence-electron chi connectivity index (χ1n) is 10.4. The molecule has 1 saturated heterocycles. The highest BCUT2D eigenvalue weighted by Gasteiger charge is 2.34. The van der Waals surface area contributed by atoms with Gasteiger partial charge in [0, 0.05) is 18.2 Å². The Balaban J connectivity index is 1.45. The highest BCUT2D eigenvalue weighted by atomic mass is 32.2. The van der Waals surface area contributed by atoms with Gasteiger partial charge in [0.15, 0.2) is 9.84 Å². The van der Waals surface area contributed by atoms with Crippen LogP contribution in [0, 0.1) is 13.8 Å². The monoisotopic (exact) mass is 471 g/mol. The predicted molar refractivity (Wildman–Crippen MR) is 124 cm³/mol. The molecule has 1 amide bonds. The lowest BCUT2D eigenvalue weighted by Crippen LogP contribution is -2.41. The lowest BCUT2D eigenvalue weighted by molar-refractivity contribution is -0.130. The molecule has 1 atom stereocenters. The molecule has 9 heteroatoms. The van der Waals surface area contributed by atoms with Crippen molar-refractivity contribution in [3.8, 4) is 11.5 Å². The molecule has 1 fully saturated rings. The van der Waals surface area contributed by atoms with E-state index < -0.39 is 9.84 Å². The summed E-state index contributed by atoms with van der Waals surface area (Å²) in [7, 11) is -3.11. The molecule has 32 heavy (non-hydrogen) atoms. The Morgan fingerprint density at radius 3 is 2.59 bits per heavy atom. The summed E-state index contributed by atoms with van der Waals surface area (Å²) in [4.78, 5) is 14.8. The summed E-state index contributed by atoms with van der Waals surface area (Å²) in [6, 6.07) is 15.2. The Morgan fingerprint density at radius 1 is 1.12 bits per heavy atom. The molecule has 0 saturated carbocycles. The molecule has 0 unspecified atom stereocenters. The zero-order chi connectivity index (χ0) is 22.7. The summed E-state index contributed by atoms with van der Waals surface area (Å²) in [5.74, 6) is 0.482. The molecule has 3 aromatic rings. The second-order valence-electron chi connectivity index (χ2n) is 8.02. The Hall–Kier alpha value is -2.65. The summed E-state index contributed by atoms with van der Waals surface area (Å²) in [6.45, 7) is 4.43. The predicted octanol–water partition coefficient (Wildman–Crippen LogP) is 3.66. The van der Waals surface area contributed by atoms with Crippen LogP contribution < -0.4 is 0 Å². The van der Waals surface area contributed by atoms with Gasteiger partial charge in [-0.3, -0.25) is 4.79 Å². The van der Waals surface area contributed by atoms with Crippen molar-refractivity contribution in [3.63, 3.8) is 0 Å². The number of carbonyl (C=O) groups is 1. The SMILES string of the molecule is Cc1ccc(-c2nnc(SCC(=O)N(Cc3ccccc3)[C@@H]3CCS(=O)(=O)C3)o2)cc1C. The van der Waals surface area contributed by atoms with Crippen molar-refractivity contribution in [3.05, 3.63) is 65.2 Å². The molecular weight excluding hydrogens is 446 g/mol. The number of amides is 1. The van der Waals surface area contributed by atoms with Gasteiger partial charge in [-0.25, -0.2) is 8.42 Å². The maximum atomic E-state index is 13.1. The first kappa shape index (κ1) is 22.5. The van der Waals surface area contributed by atoms with Crippen LogP contribution >= 0.6 is 11.8 Å². The number of benzene rings is 2. The standard InChI is InChI=1S/C23H25N3O4S2/c1-16-8-9-19(12-17(16)2)22-24-25-23(30-22)31-14-21(27)26(13-18-6-4-3-5-7-18)20-10-11-32(28,29)15-20/h3-9,12,20H,10-11,13-15H2,1-2H3/t20-/m1/s1. The van der Waals surface area contributed by atoms with E-state index in [9.17, 15) is 13.2 Å². The fourth-order valence-electron chi connectivity index (χ4n) is 3.69. The molecule has 1 aliphatic heterocycles. The van der Waals surface area contributed by atoms with Gasteiger partial charge < -0.3 is 9.32 Å². The van der Waals surface area contributed by atoms with Crippen LogP contribution in [-0.4, -0.2) is 52.7 Å². The van der Waals surface area contributed by atoms with Gasteiger partial charge in [0.25, 0.3) is 5.22 Å². The second-order valence-corrected chi connectivity index (χ2v) is 11.2. The highest BCUT2D eigenvalue weighted by Crippen LogP contribution is 2.26. The highest BCUT2D eigenvalue weighted by molar-refractivity contribution is 7.99. The first-order chi connectivity index (χ1) is 15.3. The average Bonchev–Trinajstić information content (AvgIpc) is 3.39. The molecule has 0 aliphatic carbocycles. The number of aryl methyl sites for hydroxylation is 2. The van der Waals surface area contributed by atoms with Gasteiger partial charge in [-0.1, -0.05) is 48.2 Å². The van der Waals surface area contributed by atoms with Gasteiger partial charge >= 0.3 is 0 Å². The Kier molecular flexibility index (Phi) is 6.66. The third-order valence-corrected chi connectivity index (χ3v) is 8.20. The molecule has 2 aromatic carbocycles. The minimum atomic E-state index is -3.11. The summed E-state index contributed by atoms with van der Waals surface area (Å²) in [5.41, 5.74) is 4.11. The van der Waals surface area contributed by atoms with E-state index in [1.807, 2.05) is 62.4 Å². The third-order valence-electron chi connectivity index (χ3n) is 5.64. The molecule has 0 spiro atoms. The molecular formula is C23H25N3O4S2. The zero-order valence-corrected chi connectivity index (χ0v) is 19.7. The van der Waals surface area contributed by atoms with Crippen LogP contribution in [-0.2, 0) is 21.2 Å². The van der Waals surface area contributed by atoms with E-state index in [0.717, 1.165) is 16.7 Å². The molecule has 4 rings (SSSR count). The van der Waals surface area contributed by atoms with Gasteiger partial charge in [0.05, 0.1) is 17.3 Å². The lowest BCUT2D eigenvalue weighted by atomic mass is 10.1.